The van der Waals surface area contributed by atoms with Crippen molar-refractivity contribution in [2.75, 3.05) is 18.5 Å². The highest BCUT2D eigenvalue weighted by Crippen LogP contribution is 2.32. The average Bonchev–Trinajstić information content (AvgIpc) is 2.99. The number of H-pyrrole nitrogens is 1. The molecule has 0 spiro atoms. The Labute approximate surface area is 138 Å². The molecule has 1 N–H and O–H groups in total. The monoisotopic (exact) mass is 325 g/mol. The maximum absolute atomic E-state index is 12.8. The van der Waals surface area contributed by atoms with Gasteiger partial charge in [-0.1, -0.05) is 30.3 Å². The summed E-state index contributed by atoms with van der Waals surface area (Å²) in [7, 11) is 2.12. The number of nitrogens with zero attached hydrogens (tertiary/aromatic N) is 2. The second kappa shape index (κ2) is 5.91. The van der Waals surface area contributed by atoms with Crippen molar-refractivity contribution in [3.05, 3.63) is 53.6 Å². The Morgan fingerprint density at radius 2 is 2.09 bits per heavy atom. The molecule has 0 saturated carbocycles. The zero-order valence-electron chi connectivity index (χ0n) is 13.1. The van der Waals surface area contributed by atoms with Crippen LogP contribution in [0.5, 0.6) is 0 Å². The zero-order chi connectivity index (χ0) is 15.8. The van der Waals surface area contributed by atoms with E-state index in [0.717, 1.165) is 29.6 Å². The van der Waals surface area contributed by atoms with E-state index in [1.165, 1.54) is 17.7 Å². The van der Waals surface area contributed by atoms with Crippen molar-refractivity contribution in [3.63, 3.8) is 0 Å². The Morgan fingerprint density at radius 3 is 2.96 bits per heavy atom. The Kier molecular flexibility index (Phi) is 3.75. The summed E-state index contributed by atoms with van der Waals surface area (Å²) in [6.07, 6.45) is 2.28. The summed E-state index contributed by atoms with van der Waals surface area (Å²) >= 11 is -1.17. The number of anilines is 1. The molecule has 1 atom stereocenters. The minimum absolute atomic E-state index is 0.493. The van der Waals surface area contributed by atoms with Gasteiger partial charge in [-0.25, -0.2) is 0 Å². The number of nitrogens with one attached hydrogen (secondary N) is 1. The SMILES string of the molecule is CN1CCCc2cccc(C[S+]([O-])c3nc4ccccc4[nH]3)c21. The van der Waals surface area contributed by atoms with Crippen molar-refractivity contribution in [2.24, 2.45) is 0 Å². The van der Waals surface area contributed by atoms with Crippen molar-refractivity contribution >= 4 is 27.9 Å². The first-order valence-electron chi connectivity index (χ1n) is 7.87. The fourth-order valence-corrected chi connectivity index (χ4v) is 4.39. The van der Waals surface area contributed by atoms with Crippen molar-refractivity contribution in [1.29, 1.82) is 0 Å². The van der Waals surface area contributed by atoms with Crippen molar-refractivity contribution in [2.45, 2.75) is 23.8 Å². The standard InChI is InChI=1S/C18H19N3OS/c1-21-11-5-8-13-6-4-7-14(17(13)21)12-23(22)18-19-15-9-2-3-10-16(15)20-18/h2-4,6-7,9-10H,5,8,11-12H2,1H3,(H,19,20). The van der Waals surface area contributed by atoms with Crippen LogP contribution in [0.15, 0.2) is 47.6 Å². The zero-order valence-corrected chi connectivity index (χ0v) is 13.9. The molecular formula is C18H19N3OS. The Morgan fingerprint density at radius 1 is 1.22 bits per heavy atom. The van der Waals surface area contributed by atoms with E-state index in [2.05, 4.69) is 40.1 Å². The fraction of sp³-hybridized carbons (Fsp3) is 0.278. The predicted molar refractivity (Wildman–Crippen MR) is 94.2 cm³/mol. The molecule has 4 rings (SSSR count). The smallest absolute Gasteiger partial charge is 0.321 e. The number of para-hydroxylation sites is 3. The highest BCUT2D eigenvalue weighted by Gasteiger charge is 2.23. The molecule has 2 aromatic carbocycles. The summed E-state index contributed by atoms with van der Waals surface area (Å²) < 4.78 is 12.8. The number of hydrogen-bond donors (Lipinski definition) is 1. The van der Waals surface area contributed by atoms with Crippen molar-refractivity contribution in [1.82, 2.24) is 9.97 Å². The van der Waals surface area contributed by atoms with Gasteiger partial charge >= 0.3 is 5.16 Å². The third-order valence-corrected chi connectivity index (χ3v) is 5.59. The van der Waals surface area contributed by atoms with Crippen LogP contribution in [0.4, 0.5) is 5.69 Å². The van der Waals surface area contributed by atoms with E-state index in [1.807, 2.05) is 24.3 Å². The quantitative estimate of drug-likeness (QED) is 0.752. The molecule has 5 heteroatoms. The van der Waals surface area contributed by atoms with Crippen LogP contribution < -0.4 is 4.90 Å². The number of imidazole rings is 1. The molecule has 0 amide bonds. The Bertz CT molecular complexity index is 812. The number of hydrogen-bond acceptors (Lipinski definition) is 3. The van der Waals surface area contributed by atoms with E-state index < -0.39 is 11.2 Å². The molecule has 0 bridgehead atoms. The maximum Gasteiger partial charge on any atom is 0.321 e. The van der Waals surface area contributed by atoms with E-state index in [1.54, 1.807) is 0 Å². The first kappa shape index (κ1) is 14.6. The lowest BCUT2D eigenvalue weighted by Gasteiger charge is -2.29. The molecule has 0 aliphatic carbocycles. The number of aryl methyl sites for hydroxylation is 1. The number of rotatable bonds is 3. The number of fused-ring (bicyclic) bond motifs is 2. The lowest BCUT2D eigenvalue weighted by molar-refractivity contribution is 0.587. The summed E-state index contributed by atoms with van der Waals surface area (Å²) in [5.74, 6) is 0.493. The van der Waals surface area contributed by atoms with Gasteiger partial charge in [0.1, 0.15) is 5.75 Å². The first-order valence-corrected chi connectivity index (χ1v) is 9.19. The van der Waals surface area contributed by atoms with Crippen LogP contribution >= 0.6 is 0 Å². The normalized spacial score (nSPS) is 15.7. The molecule has 4 nitrogen and oxygen atoms in total. The first-order chi connectivity index (χ1) is 11.2. The van der Waals surface area contributed by atoms with Crippen LogP contribution in [0.3, 0.4) is 0 Å². The van der Waals surface area contributed by atoms with Gasteiger partial charge in [0.05, 0.1) is 11.0 Å². The predicted octanol–water partition coefficient (Wildman–Crippen LogP) is 3.25. The summed E-state index contributed by atoms with van der Waals surface area (Å²) in [6.45, 7) is 1.06. The van der Waals surface area contributed by atoms with E-state index in [-0.39, 0.29) is 0 Å². The molecule has 1 aliphatic rings. The lowest BCUT2D eigenvalue weighted by Crippen LogP contribution is -2.26. The summed E-state index contributed by atoms with van der Waals surface area (Å²) in [5.41, 5.74) is 5.55. The van der Waals surface area contributed by atoms with Crippen molar-refractivity contribution < 1.29 is 4.55 Å². The second-order valence-corrected chi connectivity index (χ2v) is 7.37. The summed E-state index contributed by atoms with van der Waals surface area (Å²) in [4.78, 5) is 9.93. The fourth-order valence-electron chi connectivity index (χ4n) is 3.32. The van der Waals surface area contributed by atoms with E-state index in [9.17, 15) is 4.55 Å². The molecule has 1 aromatic heterocycles. The number of benzene rings is 2. The van der Waals surface area contributed by atoms with Gasteiger partial charge < -0.3 is 9.45 Å². The number of aromatic amines is 1. The van der Waals surface area contributed by atoms with Gasteiger partial charge in [0.25, 0.3) is 0 Å². The second-order valence-electron chi connectivity index (χ2n) is 6.00. The van der Waals surface area contributed by atoms with E-state index in [0.29, 0.717) is 10.9 Å². The van der Waals surface area contributed by atoms with Crippen LogP contribution in [-0.2, 0) is 23.3 Å². The molecule has 2 heterocycles. The Balaban J connectivity index is 1.65. The molecule has 1 unspecified atom stereocenters. The molecular weight excluding hydrogens is 306 g/mol. The third-order valence-electron chi connectivity index (χ3n) is 4.39. The molecule has 3 aromatic rings. The lowest BCUT2D eigenvalue weighted by atomic mass is 9.99. The average molecular weight is 325 g/mol. The minimum Gasteiger partial charge on any atom is -0.609 e. The third kappa shape index (κ3) is 2.71. The van der Waals surface area contributed by atoms with Gasteiger partial charge in [0.15, 0.2) is 0 Å². The highest BCUT2D eigenvalue weighted by atomic mass is 32.2. The van der Waals surface area contributed by atoms with Crippen LogP contribution in [0, 0.1) is 0 Å². The van der Waals surface area contributed by atoms with Gasteiger partial charge in [-0.2, -0.15) is 4.98 Å². The van der Waals surface area contributed by atoms with E-state index >= 15 is 0 Å². The van der Waals surface area contributed by atoms with Crippen LogP contribution in [0.25, 0.3) is 11.0 Å². The molecule has 1 aliphatic heterocycles. The van der Waals surface area contributed by atoms with E-state index in [4.69, 9.17) is 0 Å². The highest BCUT2D eigenvalue weighted by molar-refractivity contribution is 7.90. The van der Waals surface area contributed by atoms with Gasteiger partial charge in [-0.3, -0.25) is 4.98 Å². The van der Waals surface area contributed by atoms with Gasteiger partial charge in [0, 0.05) is 36.0 Å². The van der Waals surface area contributed by atoms with Crippen LogP contribution in [-0.4, -0.2) is 28.1 Å². The Hall–Kier alpha value is -1.98. The van der Waals surface area contributed by atoms with Crippen LogP contribution in [0.2, 0.25) is 0 Å². The molecule has 0 radical (unpaired) electrons. The number of aromatic nitrogens is 2. The minimum atomic E-state index is -1.17. The topological polar surface area (TPSA) is 55.0 Å². The largest absolute Gasteiger partial charge is 0.609 e. The van der Waals surface area contributed by atoms with Gasteiger partial charge in [-0.15, -0.1) is 0 Å². The molecule has 0 fully saturated rings. The molecule has 23 heavy (non-hydrogen) atoms. The maximum atomic E-state index is 12.8. The summed E-state index contributed by atoms with van der Waals surface area (Å²) in [6, 6.07) is 14.1. The summed E-state index contributed by atoms with van der Waals surface area (Å²) in [5, 5.41) is 0.558. The molecule has 118 valence electrons. The van der Waals surface area contributed by atoms with Gasteiger partial charge in [-0.05, 0) is 30.5 Å². The van der Waals surface area contributed by atoms with Gasteiger partial charge in [0.2, 0.25) is 0 Å². The van der Waals surface area contributed by atoms with Crippen molar-refractivity contribution in [3.8, 4) is 0 Å². The van der Waals surface area contributed by atoms with Crippen LogP contribution in [0.1, 0.15) is 17.5 Å². The molecule has 0 saturated heterocycles.